The van der Waals surface area contributed by atoms with Gasteiger partial charge in [0.05, 0.1) is 29.9 Å². The van der Waals surface area contributed by atoms with Gasteiger partial charge in [-0.25, -0.2) is 0 Å². The highest BCUT2D eigenvalue weighted by atomic mass is 16.5. The van der Waals surface area contributed by atoms with Gasteiger partial charge < -0.3 is 9.47 Å². The van der Waals surface area contributed by atoms with Gasteiger partial charge in [-0.15, -0.1) is 0 Å². The first kappa shape index (κ1) is 20.1. The van der Waals surface area contributed by atoms with Crippen LogP contribution in [-0.4, -0.2) is 42.1 Å². The smallest absolute Gasteiger partial charge is 0.262 e. The molecule has 28 heavy (non-hydrogen) atoms. The summed E-state index contributed by atoms with van der Waals surface area (Å²) in [4.78, 5) is 26.6. The lowest BCUT2D eigenvalue weighted by Gasteiger charge is -2.33. The van der Waals surface area contributed by atoms with Crippen molar-refractivity contribution in [2.24, 2.45) is 0 Å². The van der Waals surface area contributed by atoms with Crippen molar-refractivity contribution in [3.8, 4) is 5.75 Å². The summed E-state index contributed by atoms with van der Waals surface area (Å²) in [5.41, 5.74) is 1.41. The van der Waals surface area contributed by atoms with Crippen LogP contribution in [0.5, 0.6) is 5.75 Å². The quantitative estimate of drug-likeness (QED) is 0.481. The molecular weight excluding hydrogens is 354 g/mol. The molecule has 148 valence electrons. The van der Waals surface area contributed by atoms with E-state index in [1.165, 1.54) is 10.5 Å². The molecule has 0 atom stereocenters. The third kappa shape index (κ3) is 4.42. The number of amides is 2. The number of imide groups is 1. The fourth-order valence-electron chi connectivity index (χ4n) is 3.33. The average Bonchev–Trinajstić information content (AvgIpc) is 2.92. The van der Waals surface area contributed by atoms with Crippen LogP contribution in [0, 0.1) is 6.92 Å². The van der Waals surface area contributed by atoms with Crippen LogP contribution in [0.4, 0.5) is 0 Å². The number of unbranched alkanes of at least 4 members (excludes halogenated alkanes) is 1. The Morgan fingerprint density at radius 1 is 0.893 bits per heavy atom. The molecule has 0 aliphatic carbocycles. The molecule has 0 radical (unpaired) electrons. The second-order valence-corrected chi connectivity index (χ2v) is 7.73. The zero-order chi connectivity index (χ0) is 20.1. The third-order valence-corrected chi connectivity index (χ3v) is 4.80. The predicted molar refractivity (Wildman–Crippen MR) is 108 cm³/mol. The third-order valence-electron chi connectivity index (χ3n) is 4.80. The first-order chi connectivity index (χ1) is 13.4. The highest BCUT2D eigenvalue weighted by molar-refractivity contribution is 6.21. The summed E-state index contributed by atoms with van der Waals surface area (Å²) in [6.07, 6.45) is 1.73. The van der Waals surface area contributed by atoms with Crippen molar-refractivity contribution >= 4 is 11.8 Å². The van der Waals surface area contributed by atoms with E-state index in [2.05, 4.69) is 0 Å². The molecule has 5 nitrogen and oxygen atoms in total. The fraction of sp³-hybridized carbons (Fsp3) is 0.391. The van der Waals surface area contributed by atoms with Crippen molar-refractivity contribution in [1.29, 1.82) is 0 Å². The van der Waals surface area contributed by atoms with Gasteiger partial charge in [-0.2, -0.15) is 0 Å². The monoisotopic (exact) mass is 381 g/mol. The fourth-order valence-corrected chi connectivity index (χ4v) is 3.33. The minimum absolute atomic E-state index is 0.249. The number of hydrogen-bond acceptors (Lipinski definition) is 4. The number of aryl methyl sites for hydroxylation is 1. The van der Waals surface area contributed by atoms with Gasteiger partial charge in [0.25, 0.3) is 11.8 Å². The van der Waals surface area contributed by atoms with Gasteiger partial charge in [-0.05, 0) is 63.4 Å². The van der Waals surface area contributed by atoms with Gasteiger partial charge in [-0.3, -0.25) is 14.5 Å². The molecular formula is C23H27NO4. The molecule has 0 N–H and O–H groups in total. The Morgan fingerprint density at radius 3 is 2.18 bits per heavy atom. The van der Waals surface area contributed by atoms with Crippen molar-refractivity contribution in [1.82, 2.24) is 4.90 Å². The molecule has 2 amide bonds. The van der Waals surface area contributed by atoms with Crippen LogP contribution in [0.15, 0.2) is 48.5 Å². The Morgan fingerprint density at radius 2 is 1.54 bits per heavy atom. The van der Waals surface area contributed by atoms with Crippen molar-refractivity contribution in [2.75, 3.05) is 19.8 Å². The number of carbonyl (C=O) groups excluding carboxylic acids is 2. The van der Waals surface area contributed by atoms with Crippen LogP contribution in [0.3, 0.4) is 0 Å². The average molecular weight is 381 g/mol. The minimum atomic E-state index is -0.703. The van der Waals surface area contributed by atoms with Gasteiger partial charge in [0.15, 0.2) is 0 Å². The second kappa shape index (κ2) is 8.57. The lowest BCUT2D eigenvalue weighted by Crippen LogP contribution is -2.50. The molecule has 0 saturated heterocycles. The summed E-state index contributed by atoms with van der Waals surface area (Å²) in [5.74, 6) is 0.384. The Hall–Kier alpha value is -2.66. The maximum atomic E-state index is 12.6. The summed E-state index contributed by atoms with van der Waals surface area (Å²) in [5, 5.41) is 0. The van der Waals surface area contributed by atoms with Crippen LogP contribution < -0.4 is 4.74 Å². The molecule has 2 aromatic rings. The van der Waals surface area contributed by atoms with E-state index in [0.29, 0.717) is 30.9 Å². The van der Waals surface area contributed by atoms with E-state index in [9.17, 15) is 9.59 Å². The van der Waals surface area contributed by atoms with Crippen molar-refractivity contribution in [2.45, 2.75) is 39.2 Å². The van der Waals surface area contributed by atoms with Crippen molar-refractivity contribution < 1.29 is 19.1 Å². The zero-order valence-electron chi connectivity index (χ0n) is 16.7. The maximum Gasteiger partial charge on any atom is 0.262 e. The molecule has 1 heterocycles. The number of nitrogens with zero attached hydrogens (tertiary/aromatic N) is 1. The summed E-state index contributed by atoms with van der Waals surface area (Å²) >= 11 is 0. The molecule has 2 aromatic carbocycles. The SMILES string of the molecule is Cc1cccc(OCCCCOCC(C)(C)N2C(=O)c3ccccc3C2=O)c1. The zero-order valence-corrected chi connectivity index (χ0v) is 16.7. The highest BCUT2D eigenvalue weighted by Crippen LogP contribution is 2.29. The number of benzene rings is 2. The lowest BCUT2D eigenvalue weighted by molar-refractivity contribution is 0.0151. The molecule has 1 aliphatic heterocycles. The van der Waals surface area contributed by atoms with Crippen LogP contribution in [0.25, 0.3) is 0 Å². The Kier molecular flexibility index (Phi) is 6.15. The largest absolute Gasteiger partial charge is 0.494 e. The standard InChI is InChI=1S/C23H27NO4/c1-17-9-8-10-18(15-17)28-14-7-6-13-27-16-23(2,3)24-21(25)19-11-4-5-12-20(19)22(24)26/h4-5,8-12,15H,6-7,13-14,16H2,1-3H3. The number of fused-ring (bicyclic) bond motifs is 1. The van der Waals surface area contributed by atoms with Gasteiger partial charge in [-0.1, -0.05) is 24.3 Å². The van der Waals surface area contributed by atoms with E-state index in [0.717, 1.165) is 18.6 Å². The molecule has 3 rings (SSSR count). The van der Waals surface area contributed by atoms with E-state index in [-0.39, 0.29) is 11.8 Å². The topological polar surface area (TPSA) is 55.8 Å². The Balaban J connectivity index is 1.41. The van der Waals surface area contributed by atoms with Gasteiger partial charge >= 0.3 is 0 Å². The molecule has 0 saturated carbocycles. The predicted octanol–water partition coefficient (Wildman–Crippen LogP) is 4.25. The van der Waals surface area contributed by atoms with Gasteiger partial charge in [0.2, 0.25) is 0 Å². The summed E-state index contributed by atoms with van der Waals surface area (Å²) < 4.78 is 11.5. The van der Waals surface area contributed by atoms with Crippen LogP contribution in [0.1, 0.15) is 53.0 Å². The molecule has 0 fully saturated rings. The summed E-state index contributed by atoms with van der Waals surface area (Å²) in [7, 11) is 0. The van der Waals surface area contributed by atoms with Gasteiger partial charge in [0, 0.05) is 6.61 Å². The van der Waals surface area contributed by atoms with E-state index >= 15 is 0 Å². The van der Waals surface area contributed by atoms with E-state index in [4.69, 9.17) is 9.47 Å². The van der Waals surface area contributed by atoms with Crippen LogP contribution in [-0.2, 0) is 4.74 Å². The normalized spacial score (nSPS) is 13.8. The molecule has 0 spiro atoms. The first-order valence-electron chi connectivity index (χ1n) is 9.65. The van der Waals surface area contributed by atoms with Crippen molar-refractivity contribution in [3.05, 3.63) is 65.2 Å². The molecule has 5 heteroatoms. The van der Waals surface area contributed by atoms with Crippen LogP contribution >= 0.6 is 0 Å². The number of carbonyl (C=O) groups is 2. The molecule has 0 unspecified atom stereocenters. The van der Waals surface area contributed by atoms with E-state index in [1.807, 2.05) is 45.0 Å². The first-order valence-corrected chi connectivity index (χ1v) is 9.65. The molecule has 0 aromatic heterocycles. The second-order valence-electron chi connectivity index (χ2n) is 7.73. The highest BCUT2D eigenvalue weighted by Gasteiger charge is 2.43. The molecule has 1 aliphatic rings. The van der Waals surface area contributed by atoms with Crippen molar-refractivity contribution in [3.63, 3.8) is 0 Å². The van der Waals surface area contributed by atoms with E-state index < -0.39 is 5.54 Å². The Bertz CT molecular complexity index is 824. The van der Waals surface area contributed by atoms with Crippen LogP contribution in [0.2, 0.25) is 0 Å². The Labute approximate surface area is 166 Å². The summed E-state index contributed by atoms with van der Waals surface area (Å²) in [6, 6.07) is 14.9. The summed E-state index contributed by atoms with van der Waals surface area (Å²) in [6.45, 7) is 7.25. The number of rotatable bonds is 9. The molecule has 0 bridgehead atoms. The van der Waals surface area contributed by atoms with Gasteiger partial charge in [0.1, 0.15) is 5.75 Å². The minimum Gasteiger partial charge on any atom is -0.494 e. The maximum absolute atomic E-state index is 12.6. The number of hydrogen-bond donors (Lipinski definition) is 0. The number of ether oxygens (including phenoxy) is 2. The van der Waals surface area contributed by atoms with E-state index in [1.54, 1.807) is 24.3 Å². The lowest BCUT2D eigenvalue weighted by atomic mass is 10.0.